The summed E-state index contributed by atoms with van der Waals surface area (Å²) >= 11 is 0. The fraction of sp³-hybridized carbons (Fsp3) is 0.577. The van der Waals surface area contributed by atoms with E-state index in [1.54, 1.807) is 12.1 Å². The van der Waals surface area contributed by atoms with E-state index in [1.165, 1.54) is 44.9 Å². The molecule has 7 heteroatoms. The maximum atomic E-state index is 12.6. The number of aromatic hydroxyl groups is 1. The second-order valence-electron chi connectivity index (χ2n) is 8.96. The summed E-state index contributed by atoms with van der Waals surface area (Å²) in [6, 6.07) is 8.94. The van der Waals surface area contributed by atoms with E-state index in [4.69, 9.17) is 5.73 Å². The highest BCUT2D eigenvalue weighted by Gasteiger charge is 2.23. The van der Waals surface area contributed by atoms with E-state index in [9.17, 15) is 9.90 Å². The number of anilines is 2. The van der Waals surface area contributed by atoms with Gasteiger partial charge in [-0.1, -0.05) is 70.4 Å². The second-order valence-corrected chi connectivity index (χ2v) is 8.96. The number of nitrogens with zero attached hydrogens (tertiary/aromatic N) is 4. The summed E-state index contributed by atoms with van der Waals surface area (Å²) in [5, 5.41) is 18.4. The number of nitrogens with two attached hydrogens (primary N) is 1. The molecule has 1 fully saturated rings. The molecule has 1 amide bonds. The summed E-state index contributed by atoms with van der Waals surface area (Å²) in [4.78, 5) is 16.7. The largest absolute Gasteiger partial charge is 0.507 e. The van der Waals surface area contributed by atoms with Crippen LogP contribution in [0.4, 0.5) is 11.5 Å². The Morgan fingerprint density at radius 1 is 0.939 bits per heavy atom. The first-order valence-electron chi connectivity index (χ1n) is 12.5. The first-order valence-corrected chi connectivity index (χ1v) is 12.5. The van der Waals surface area contributed by atoms with Gasteiger partial charge in [-0.3, -0.25) is 4.79 Å². The van der Waals surface area contributed by atoms with Gasteiger partial charge in [0.05, 0.1) is 11.4 Å². The number of benzene rings is 1. The minimum atomic E-state index is 0.162. The summed E-state index contributed by atoms with van der Waals surface area (Å²) in [5.74, 6) is 0.784. The van der Waals surface area contributed by atoms with Crippen molar-refractivity contribution in [2.75, 3.05) is 36.8 Å². The number of amides is 1. The molecule has 0 spiro atoms. The first kappa shape index (κ1) is 24.8. The molecule has 1 aromatic carbocycles. The lowest BCUT2D eigenvalue weighted by molar-refractivity contribution is -0.131. The van der Waals surface area contributed by atoms with Crippen LogP contribution < -0.4 is 10.6 Å². The van der Waals surface area contributed by atoms with Gasteiger partial charge < -0.3 is 20.6 Å². The van der Waals surface area contributed by atoms with Gasteiger partial charge in [0.15, 0.2) is 5.82 Å². The van der Waals surface area contributed by atoms with Crippen molar-refractivity contribution in [2.45, 2.75) is 71.1 Å². The van der Waals surface area contributed by atoms with E-state index in [0.29, 0.717) is 49.7 Å². The molecule has 3 rings (SSSR count). The second kappa shape index (κ2) is 13.0. The number of nitrogen functional groups attached to an aromatic ring is 1. The third-order valence-corrected chi connectivity index (χ3v) is 6.45. The Balaban J connectivity index is 1.42. The Bertz CT molecular complexity index is 881. The van der Waals surface area contributed by atoms with Crippen LogP contribution in [0.1, 0.15) is 71.1 Å². The molecule has 33 heavy (non-hydrogen) atoms. The minimum Gasteiger partial charge on any atom is -0.507 e. The first-order chi connectivity index (χ1) is 16.1. The van der Waals surface area contributed by atoms with Crippen LogP contribution in [0.15, 0.2) is 30.3 Å². The van der Waals surface area contributed by atoms with E-state index in [-0.39, 0.29) is 11.7 Å². The van der Waals surface area contributed by atoms with Crippen LogP contribution in [0.3, 0.4) is 0 Å². The summed E-state index contributed by atoms with van der Waals surface area (Å²) < 4.78 is 0. The van der Waals surface area contributed by atoms with Crippen LogP contribution in [0.2, 0.25) is 0 Å². The highest BCUT2D eigenvalue weighted by atomic mass is 16.3. The van der Waals surface area contributed by atoms with Crippen LogP contribution in [-0.4, -0.2) is 52.3 Å². The smallest absolute Gasteiger partial charge is 0.222 e. The van der Waals surface area contributed by atoms with E-state index < -0.39 is 0 Å². The van der Waals surface area contributed by atoms with Crippen molar-refractivity contribution >= 4 is 17.4 Å². The molecule has 2 aromatic rings. The van der Waals surface area contributed by atoms with Crippen LogP contribution in [0, 0.1) is 0 Å². The van der Waals surface area contributed by atoms with Gasteiger partial charge in [0.2, 0.25) is 5.91 Å². The summed E-state index contributed by atoms with van der Waals surface area (Å²) in [6.07, 6.45) is 12.0. The number of aromatic nitrogens is 2. The van der Waals surface area contributed by atoms with Gasteiger partial charge in [0, 0.05) is 38.2 Å². The number of hydrogen-bond donors (Lipinski definition) is 2. The molecule has 180 valence electrons. The van der Waals surface area contributed by atoms with Crippen molar-refractivity contribution in [1.29, 1.82) is 0 Å². The minimum absolute atomic E-state index is 0.162. The number of carbonyl (C=O) groups excluding carboxylic acids is 1. The van der Waals surface area contributed by atoms with E-state index in [2.05, 4.69) is 22.0 Å². The molecule has 0 saturated carbocycles. The lowest BCUT2D eigenvalue weighted by Crippen LogP contribution is -2.49. The predicted molar refractivity (Wildman–Crippen MR) is 134 cm³/mol. The van der Waals surface area contributed by atoms with Crippen molar-refractivity contribution in [1.82, 2.24) is 15.1 Å². The van der Waals surface area contributed by atoms with Crippen LogP contribution in [0.25, 0.3) is 11.3 Å². The molecule has 1 aromatic heterocycles. The molecule has 0 radical (unpaired) electrons. The fourth-order valence-electron chi connectivity index (χ4n) is 4.41. The molecule has 0 aliphatic carbocycles. The van der Waals surface area contributed by atoms with E-state index in [0.717, 1.165) is 18.5 Å². The normalized spacial score (nSPS) is 14.0. The number of unbranched alkanes of at least 4 members (excludes halogenated alkanes) is 8. The molecular weight excluding hydrogens is 414 g/mol. The van der Waals surface area contributed by atoms with Gasteiger partial charge >= 0.3 is 0 Å². The number of hydrogen-bond acceptors (Lipinski definition) is 6. The number of rotatable bonds is 12. The van der Waals surface area contributed by atoms with Crippen LogP contribution in [0.5, 0.6) is 5.75 Å². The number of para-hydroxylation sites is 1. The number of phenols is 1. The van der Waals surface area contributed by atoms with Crippen molar-refractivity contribution in [3.8, 4) is 17.0 Å². The van der Waals surface area contributed by atoms with E-state index in [1.807, 2.05) is 23.1 Å². The van der Waals surface area contributed by atoms with Crippen LogP contribution >= 0.6 is 0 Å². The monoisotopic (exact) mass is 453 g/mol. The Morgan fingerprint density at radius 2 is 1.58 bits per heavy atom. The van der Waals surface area contributed by atoms with Crippen molar-refractivity contribution in [3.63, 3.8) is 0 Å². The molecule has 3 N–H and O–H groups in total. The topological polar surface area (TPSA) is 95.6 Å². The lowest BCUT2D eigenvalue weighted by atomic mass is 10.1. The maximum Gasteiger partial charge on any atom is 0.222 e. The average Bonchev–Trinajstić information content (AvgIpc) is 2.84. The molecule has 7 nitrogen and oxygen atoms in total. The average molecular weight is 454 g/mol. The van der Waals surface area contributed by atoms with E-state index >= 15 is 0 Å². The zero-order chi connectivity index (χ0) is 23.5. The van der Waals surface area contributed by atoms with Gasteiger partial charge in [0.25, 0.3) is 0 Å². The van der Waals surface area contributed by atoms with Crippen LogP contribution in [-0.2, 0) is 4.79 Å². The van der Waals surface area contributed by atoms with Gasteiger partial charge in [-0.05, 0) is 24.6 Å². The molecule has 1 saturated heterocycles. The van der Waals surface area contributed by atoms with Crippen molar-refractivity contribution in [3.05, 3.63) is 30.3 Å². The van der Waals surface area contributed by atoms with Crippen molar-refractivity contribution in [2.24, 2.45) is 0 Å². The number of carbonyl (C=O) groups is 1. The molecule has 1 aliphatic heterocycles. The third kappa shape index (κ3) is 7.34. The zero-order valence-electron chi connectivity index (χ0n) is 20.0. The standard InChI is InChI=1S/C26H39N5O2/c1-2-3-4-5-6-7-8-9-10-15-25(33)31-18-16-30(17-19-31)23-20-22(28-29-26(23)27)21-13-11-12-14-24(21)32/h11-14,20,32H,2-10,15-19H2,1H3,(H2,27,29). The highest BCUT2D eigenvalue weighted by molar-refractivity contribution is 5.77. The van der Waals surface area contributed by atoms with Crippen molar-refractivity contribution < 1.29 is 9.90 Å². The molecule has 0 bridgehead atoms. The molecule has 0 unspecified atom stereocenters. The maximum absolute atomic E-state index is 12.6. The summed E-state index contributed by atoms with van der Waals surface area (Å²) in [5.41, 5.74) is 8.12. The van der Waals surface area contributed by atoms with Gasteiger partial charge in [-0.15, -0.1) is 10.2 Å². The summed E-state index contributed by atoms with van der Waals surface area (Å²) in [6.45, 7) is 5.03. The number of piperazine rings is 1. The Morgan fingerprint density at radius 3 is 2.24 bits per heavy atom. The summed E-state index contributed by atoms with van der Waals surface area (Å²) in [7, 11) is 0. The molecule has 1 aliphatic rings. The Hall–Kier alpha value is -2.83. The Labute approximate surface area is 198 Å². The zero-order valence-corrected chi connectivity index (χ0v) is 20.0. The quantitative estimate of drug-likeness (QED) is 0.439. The predicted octanol–water partition coefficient (Wildman–Crippen LogP) is 5.00. The van der Waals surface area contributed by atoms with Gasteiger partial charge in [-0.25, -0.2) is 0 Å². The third-order valence-electron chi connectivity index (χ3n) is 6.45. The van der Waals surface area contributed by atoms with Gasteiger partial charge in [0.1, 0.15) is 5.75 Å². The molecular formula is C26H39N5O2. The fourth-order valence-corrected chi connectivity index (χ4v) is 4.41. The highest BCUT2D eigenvalue weighted by Crippen LogP contribution is 2.31. The SMILES string of the molecule is CCCCCCCCCCCC(=O)N1CCN(c2cc(-c3ccccc3O)nnc2N)CC1. The Kier molecular flexibility index (Phi) is 9.78. The number of phenolic OH excluding ortho intramolecular Hbond substituents is 1. The lowest BCUT2D eigenvalue weighted by Gasteiger charge is -2.36. The molecule has 0 atom stereocenters. The molecule has 2 heterocycles. The van der Waals surface area contributed by atoms with Gasteiger partial charge in [-0.2, -0.15) is 0 Å².